The maximum absolute atomic E-state index is 5.68. The number of hydrazine groups is 1. The summed E-state index contributed by atoms with van der Waals surface area (Å²) in [4.78, 5) is 4.83. The molecule has 20 heavy (non-hydrogen) atoms. The second kappa shape index (κ2) is 5.31. The smallest absolute Gasteiger partial charge is 0.0762 e. The summed E-state index contributed by atoms with van der Waals surface area (Å²) in [6.45, 7) is 2.14. The normalized spacial score (nSPS) is 10.7. The molecule has 0 bridgehead atoms. The number of benzene rings is 2. The molecule has 3 nitrogen and oxygen atoms in total. The summed E-state index contributed by atoms with van der Waals surface area (Å²) < 4.78 is 0. The zero-order chi connectivity index (χ0) is 13.9. The van der Waals surface area contributed by atoms with Crippen LogP contribution in [0.25, 0.3) is 22.2 Å². The molecule has 100 valence electrons. The summed E-state index contributed by atoms with van der Waals surface area (Å²) in [6, 6.07) is 18.4. The van der Waals surface area contributed by atoms with Gasteiger partial charge in [0.2, 0.25) is 0 Å². The molecule has 3 N–H and O–H groups in total. The molecule has 3 heteroatoms. The molecule has 1 heterocycles. The minimum atomic E-state index is 0.907. The Morgan fingerprint density at radius 3 is 2.55 bits per heavy atom. The second-order valence-electron chi connectivity index (χ2n) is 4.73. The van der Waals surface area contributed by atoms with Crippen molar-refractivity contribution in [2.45, 2.75) is 13.3 Å². The van der Waals surface area contributed by atoms with E-state index < -0.39 is 0 Å². The minimum Gasteiger partial charge on any atom is -0.323 e. The van der Waals surface area contributed by atoms with Crippen LogP contribution in [-0.4, -0.2) is 4.98 Å². The van der Waals surface area contributed by atoms with Crippen molar-refractivity contribution < 1.29 is 0 Å². The van der Waals surface area contributed by atoms with Gasteiger partial charge in [-0.15, -0.1) is 0 Å². The number of anilines is 1. The van der Waals surface area contributed by atoms with Crippen molar-refractivity contribution in [3.63, 3.8) is 0 Å². The van der Waals surface area contributed by atoms with Crippen LogP contribution in [0.4, 0.5) is 5.69 Å². The SMILES string of the molecule is CCc1cccc2c(NN)cc(-c3ccccc3)nc12. The van der Waals surface area contributed by atoms with Gasteiger partial charge in [-0.05, 0) is 18.1 Å². The predicted octanol–water partition coefficient (Wildman–Crippen LogP) is 3.75. The van der Waals surface area contributed by atoms with Crippen LogP contribution in [0.5, 0.6) is 0 Å². The number of hydrogen-bond acceptors (Lipinski definition) is 3. The topological polar surface area (TPSA) is 50.9 Å². The zero-order valence-corrected chi connectivity index (χ0v) is 11.4. The molecular weight excluding hydrogens is 246 g/mol. The number of rotatable bonds is 3. The maximum atomic E-state index is 5.68. The van der Waals surface area contributed by atoms with Gasteiger partial charge in [-0.25, -0.2) is 4.98 Å². The van der Waals surface area contributed by atoms with E-state index in [1.165, 1.54) is 5.56 Å². The third-order valence-corrected chi connectivity index (χ3v) is 3.53. The van der Waals surface area contributed by atoms with Gasteiger partial charge in [0.15, 0.2) is 0 Å². The van der Waals surface area contributed by atoms with Crippen LogP contribution in [0.3, 0.4) is 0 Å². The van der Waals surface area contributed by atoms with Crippen molar-refractivity contribution in [3.05, 3.63) is 60.2 Å². The van der Waals surface area contributed by atoms with Crippen molar-refractivity contribution in [1.82, 2.24) is 4.98 Å². The number of pyridine rings is 1. The van der Waals surface area contributed by atoms with Gasteiger partial charge in [-0.1, -0.05) is 55.5 Å². The van der Waals surface area contributed by atoms with E-state index in [0.717, 1.165) is 34.3 Å². The van der Waals surface area contributed by atoms with Crippen molar-refractivity contribution >= 4 is 16.6 Å². The molecule has 0 saturated heterocycles. The Balaban J connectivity index is 2.30. The second-order valence-corrected chi connectivity index (χ2v) is 4.73. The van der Waals surface area contributed by atoms with E-state index in [2.05, 4.69) is 30.5 Å². The number of nitrogens with one attached hydrogen (secondary N) is 1. The summed E-state index contributed by atoms with van der Waals surface area (Å²) >= 11 is 0. The van der Waals surface area contributed by atoms with E-state index in [-0.39, 0.29) is 0 Å². The van der Waals surface area contributed by atoms with E-state index in [1.54, 1.807) is 0 Å². The number of nitrogens with zero attached hydrogens (tertiary/aromatic N) is 1. The molecule has 0 amide bonds. The lowest BCUT2D eigenvalue weighted by atomic mass is 10.0. The molecule has 0 saturated carbocycles. The summed E-state index contributed by atoms with van der Waals surface area (Å²) in [7, 11) is 0. The summed E-state index contributed by atoms with van der Waals surface area (Å²) in [5.41, 5.74) is 7.98. The van der Waals surface area contributed by atoms with Crippen LogP contribution < -0.4 is 11.3 Å². The van der Waals surface area contributed by atoms with Crippen LogP contribution >= 0.6 is 0 Å². The third-order valence-electron chi connectivity index (χ3n) is 3.53. The van der Waals surface area contributed by atoms with Gasteiger partial charge in [0.25, 0.3) is 0 Å². The van der Waals surface area contributed by atoms with Gasteiger partial charge in [-0.2, -0.15) is 0 Å². The molecule has 0 aliphatic heterocycles. The monoisotopic (exact) mass is 263 g/mol. The van der Waals surface area contributed by atoms with Crippen LogP contribution in [0, 0.1) is 0 Å². The van der Waals surface area contributed by atoms with E-state index in [4.69, 9.17) is 10.8 Å². The molecule has 0 fully saturated rings. The molecule has 0 radical (unpaired) electrons. The lowest BCUT2D eigenvalue weighted by Gasteiger charge is -2.11. The summed E-state index contributed by atoms with van der Waals surface area (Å²) in [5.74, 6) is 5.68. The fourth-order valence-corrected chi connectivity index (χ4v) is 2.47. The van der Waals surface area contributed by atoms with Gasteiger partial charge in [0.1, 0.15) is 0 Å². The van der Waals surface area contributed by atoms with Gasteiger partial charge >= 0.3 is 0 Å². The van der Waals surface area contributed by atoms with E-state index in [0.29, 0.717) is 0 Å². The van der Waals surface area contributed by atoms with Crippen molar-refractivity contribution in [3.8, 4) is 11.3 Å². The molecule has 0 unspecified atom stereocenters. The Kier molecular flexibility index (Phi) is 3.35. The van der Waals surface area contributed by atoms with Crippen LogP contribution in [0.2, 0.25) is 0 Å². The molecular formula is C17H17N3. The quantitative estimate of drug-likeness (QED) is 0.559. The summed E-state index contributed by atoms with van der Waals surface area (Å²) in [6.07, 6.45) is 0.951. The van der Waals surface area contributed by atoms with Crippen LogP contribution in [0.1, 0.15) is 12.5 Å². The highest BCUT2D eigenvalue weighted by atomic mass is 15.2. The van der Waals surface area contributed by atoms with E-state index in [1.807, 2.05) is 36.4 Å². The van der Waals surface area contributed by atoms with Gasteiger partial charge in [0, 0.05) is 10.9 Å². The molecule has 2 aromatic carbocycles. The van der Waals surface area contributed by atoms with Crippen LogP contribution in [-0.2, 0) is 6.42 Å². The predicted molar refractivity (Wildman–Crippen MR) is 84.4 cm³/mol. The average Bonchev–Trinajstić information content (AvgIpc) is 2.54. The molecule has 0 aliphatic carbocycles. The Bertz CT molecular complexity index is 736. The van der Waals surface area contributed by atoms with E-state index >= 15 is 0 Å². The highest BCUT2D eigenvalue weighted by Gasteiger charge is 2.09. The van der Waals surface area contributed by atoms with E-state index in [9.17, 15) is 0 Å². The fourth-order valence-electron chi connectivity index (χ4n) is 2.47. The first kappa shape index (κ1) is 12.6. The largest absolute Gasteiger partial charge is 0.323 e. The molecule has 0 atom stereocenters. The number of nitrogen functional groups attached to an aromatic ring is 1. The molecule has 1 aromatic heterocycles. The molecule has 3 aromatic rings. The lowest BCUT2D eigenvalue weighted by molar-refractivity contribution is 1.14. The first-order valence-electron chi connectivity index (χ1n) is 6.78. The molecule has 3 rings (SSSR count). The standard InChI is InChI=1S/C17H17N3/c1-2-12-9-6-10-14-16(20-18)11-15(19-17(12)14)13-7-4-3-5-8-13/h3-11H,2,18H2,1H3,(H,19,20). The lowest BCUT2D eigenvalue weighted by Crippen LogP contribution is -2.08. The fraction of sp³-hybridized carbons (Fsp3) is 0.118. The third kappa shape index (κ3) is 2.12. The number of para-hydroxylation sites is 1. The number of aryl methyl sites for hydroxylation is 1. The Labute approximate surface area is 118 Å². The zero-order valence-electron chi connectivity index (χ0n) is 11.4. The number of nitrogens with two attached hydrogens (primary N) is 1. The highest BCUT2D eigenvalue weighted by molar-refractivity contribution is 5.95. The Morgan fingerprint density at radius 1 is 1.05 bits per heavy atom. The highest BCUT2D eigenvalue weighted by Crippen LogP contribution is 2.29. The van der Waals surface area contributed by atoms with Gasteiger partial charge in [-0.3, -0.25) is 5.84 Å². The average molecular weight is 263 g/mol. The minimum absolute atomic E-state index is 0.907. The first-order chi connectivity index (χ1) is 9.83. The summed E-state index contributed by atoms with van der Waals surface area (Å²) in [5, 5.41) is 1.06. The Hall–Kier alpha value is -2.39. The van der Waals surface area contributed by atoms with Crippen molar-refractivity contribution in [2.24, 2.45) is 5.84 Å². The number of fused-ring (bicyclic) bond motifs is 1. The van der Waals surface area contributed by atoms with Gasteiger partial charge in [0.05, 0.1) is 16.9 Å². The molecule has 0 aliphatic rings. The van der Waals surface area contributed by atoms with Gasteiger partial charge < -0.3 is 5.43 Å². The maximum Gasteiger partial charge on any atom is 0.0762 e. The van der Waals surface area contributed by atoms with Crippen LogP contribution in [0.15, 0.2) is 54.6 Å². The Morgan fingerprint density at radius 2 is 1.85 bits per heavy atom. The molecule has 0 spiro atoms. The number of hydrogen-bond donors (Lipinski definition) is 2. The first-order valence-corrected chi connectivity index (χ1v) is 6.78. The number of aromatic nitrogens is 1. The van der Waals surface area contributed by atoms with Crippen molar-refractivity contribution in [1.29, 1.82) is 0 Å². The van der Waals surface area contributed by atoms with Crippen molar-refractivity contribution in [2.75, 3.05) is 5.43 Å².